The summed E-state index contributed by atoms with van der Waals surface area (Å²) in [6.45, 7) is 6.70. The van der Waals surface area contributed by atoms with E-state index in [0.29, 0.717) is 5.69 Å². The Morgan fingerprint density at radius 2 is 1.92 bits per heavy atom. The molecule has 0 aromatic heterocycles. The number of anilines is 1. The highest BCUT2D eigenvalue weighted by molar-refractivity contribution is 7.90. The van der Waals surface area contributed by atoms with Crippen LogP contribution in [0.2, 0.25) is 0 Å². The van der Waals surface area contributed by atoms with Crippen LogP contribution >= 0.6 is 0 Å². The number of rotatable bonds is 6. The molecule has 1 saturated heterocycles. The molecule has 1 aliphatic heterocycles. The lowest BCUT2D eigenvalue weighted by Crippen LogP contribution is -2.47. The van der Waals surface area contributed by atoms with Gasteiger partial charge in [-0.1, -0.05) is 0 Å². The van der Waals surface area contributed by atoms with Crippen LogP contribution in [-0.4, -0.2) is 75.2 Å². The molecule has 8 nitrogen and oxygen atoms in total. The number of piperazine rings is 1. The van der Waals surface area contributed by atoms with E-state index in [9.17, 15) is 18.5 Å². The summed E-state index contributed by atoms with van der Waals surface area (Å²) >= 11 is 0. The molecule has 1 aliphatic rings. The summed E-state index contributed by atoms with van der Waals surface area (Å²) in [6.07, 6.45) is 1.04. The third-order valence-electron chi connectivity index (χ3n) is 4.12. The van der Waals surface area contributed by atoms with Crippen LogP contribution in [0.5, 0.6) is 0 Å². The maximum absolute atomic E-state index is 11.6. The van der Waals surface area contributed by atoms with Crippen molar-refractivity contribution in [3.8, 4) is 0 Å². The molecule has 1 fully saturated rings. The molecule has 1 aromatic rings. The number of nitrogens with zero attached hydrogens (tertiary/aromatic N) is 3. The summed E-state index contributed by atoms with van der Waals surface area (Å²) in [5.74, 6) is 0. The number of nitro benzene ring substituents is 1. The Bertz CT molecular complexity index is 699. The fraction of sp³-hybridized carbons (Fsp3) is 0.600. The van der Waals surface area contributed by atoms with E-state index in [1.54, 1.807) is 0 Å². The van der Waals surface area contributed by atoms with Crippen molar-refractivity contribution in [2.75, 3.05) is 51.3 Å². The van der Waals surface area contributed by atoms with Gasteiger partial charge in [0.1, 0.15) is 5.69 Å². The number of hydrogen-bond acceptors (Lipinski definition) is 7. The molecule has 134 valence electrons. The van der Waals surface area contributed by atoms with Crippen molar-refractivity contribution in [3.05, 3.63) is 28.3 Å². The van der Waals surface area contributed by atoms with E-state index in [4.69, 9.17) is 0 Å². The zero-order chi connectivity index (χ0) is 17.9. The van der Waals surface area contributed by atoms with Crippen molar-refractivity contribution in [1.82, 2.24) is 9.80 Å². The van der Waals surface area contributed by atoms with Gasteiger partial charge in [-0.15, -0.1) is 0 Å². The van der Waals surface area contributed by atoms with Crippen molar-refractivity contribution in [1.29, 1.82) is 0 Å². The molecule has 1 aromatic carbocycles. The minimum absolute atomic E-state index is 0.0104. The summed E-state index contributed by atoms with van der Waals surface area (Å²) in [5, 5.41) is 14.4. The molecule has 1 unspecified atom stereocenters. The van der Waals surface area contributed by atoms with Crippen LogP contribution in [0, 0.1) is 10.1 Å². The second-order valence-electron chi connectivity index (χ2n) is 6.36. The molecule has 9 heteroatoms. The average Bonchev–Trinajstić information content (AvgIpc) is 2.48. The van der Waals surface area contributed by atoms with Crippen LogP contribution in [0.1, 0.15) is 6.92 Å². The van der Waals surface area contributed by atoms with E-state index in [1.165, 1.54) is 12.1 Å². The van der Waals surface area contributed by atoms with E-state index in [-0.39, 0.29) is 16.6 Å². The van der Waals surface area contributed by atoms with E-state index < -0.39 is 14.8 Å². The fourth-order valence-electron chi connectivity index (χ4n) is 2.74. The molecule has 0 saturated carbocycles. The van der Waals surface area contributed by atoms with Crippen LogP contribution < -0.4 is 5.32 Å². The first-order valence-electron chi connectivity index (χ1n) is 7.83. The smallest absolute Gasteiger partial charge is 0.293 e. The fourth-order valence-corrected chi connectivity index (χ4v) is 3.38. The van der Waals surface area contributed by atoms with Gasteiger partial charge in [0.25, 0.3) is 5.69 Å². The molecule has 24 heavy (non-hydrogen) atoms. The van der Waals surface area contributed by atoms with Gasteiger partial charge in [0, 0.05) is 51.1 Å². The van der Waals surface area contributed by atoms with Gasteiger partial charge in [-0.05, 0) is 26.1 Å². The Labute approximate surface area is 142 Å². The van der Waals surface area contributed by atoms with Crippen molar-refractivity contribution in [2.45, 2.75) is 17.9 Å². The van der Waals surface area contributed by atoms with Crippen LogP contribution in [0.3, 0.4) is 0 Å². The van der Waals surface area contributed by atoms with Gasteiger partial charge in [0.15, 0.2) is 9.84 Å². The van der Waals surface area contributed by atoms with Crippen LogP contribution in [-0.2, 0) is 9.84 Å². The predicted octanol–water partition coefficient (Wildman–Crippen LogP) is 1.05. The van der Waals surface area contributed by atoms with Gasteiger partial charge in [0.05, 0.1) is 9.82 Å². The Balaban J connectivity index is 2.09. The zero-order valence-electron chi connectivity index (χ0n) is 14.2. The van der Waals surface area contributed by atoms with Crippen LogP contribution in [0.25, 0.3) is 0 Å². The first-order valence-corrected chi connectivity index (χ1v) is 9.72. The maximum atomic E-state index is 11.6. The Kier molecular flexibility index (Phi) is 5.79. The molecule has 1 atom stereocenters. The lowest BCUT2D eigenvalue weighted by molar-refractivity contribution is -0.384. The van der Waals surface area contributed by atoms with Gasteiger partial charge in [0.2, 0.25) is 0 Å². The Morgan fingerprint density at radius 1 is 1.29 bits per heavy atom. The molecule has 0 amide bonds. The summed E-state index contributed by atoms with van der Waals surface area (Å²) < 4.78 is 23.2. The van der Waals surface area contributed by atoms with Gasteiger partial charge < -0.3 is 10.2 Å². The molecular weight excluding hydrogens is 332 g/mol. The van der Waals surface area contributed by atoms with E-state index >= 15 is 0 Å². The molecule has 1 N–H and O–H groups in total. The highest BCUT2D eigenvalue weighted by atomic mass is 32.2. The number of sulfone groups is 1. The molecule has 0 aliphatic carbocycles. The Hall–Kier alpha value is -1.71. The van der Waals surface area contributed by atoms with Crippen LogP contribution in [0.15, 0.2) is 23.1 Å². The third-order valence-corrected chi connectivity index (χ3v) is 5.23. The highest BCUT2D eigenvalue weighted by Gasteiger charge is 2.21. The molecular formula is C15H24N4O4S. The second kappa shape index (κ2) is 7.45. The van der Waals surface area contributed by atoms with Gasteiger partial charge in [-0.3, -0.25) is 15.0 Å². The summed E-state index contributed by atoms with van der Waals surface area (Å²) in [4.78, 5) is 15.2. The number of likely N-dealkylation sites (N-methyl/N-ethyl adjacent to an activating group) is 1. The van der Waals surface area contributed by atoms with E-state index in [1.807, 2.05) is 6.92 Å². The monoisotopic (exact) mass is 356 g/mol. The first kappa shape index (κ1) is 18.6. The lowest BCUT2D eigenvalue weighted by Gasteiger charge is -2.34. The number of nitro groups is 1. The topological polar surface area (TPSA) is 95.8 Å². The van der Waals surface area contributed by atoms with E-state index in [2.05, 4.69) is 22.2 Å². The number of nitrogens with one attached hydrogen (secondary N) is 1. The van der Waals surface area contributed by atoms with Crippen molar-refractivity contribution in [2.24, 2.45) is 0 Å². The normalized spacial score (nSPS) is 18.3. The standard InChI is InChI=1S/C15H24N4O4S/c1-12(11-18-8-6-17(2)7-9-18)16-14-5-4-13(24(3,22)23)10-15(14)19(20)21/h4-5,10,12,16H,6-9,11H2,1-3H3. The lowest BCUT2D eigenvalue weighted by atomic mass is 10.2. The quantitative estimate of drug-likeness (QED) is 0.601. The van der Waals surface area contributed by atoms with Crippen LogP contribution in [0.4, 0.5) is 11.4 Å². The summed E-state index contributed by atoms with van der Waals surface area (Å²) in [7, 11) is -1.39. The van der Waals surface area contributed by atoms with Crippen molar-refractivity contribution < 1.29 is 13.3 Å². The number of benzene rings is 1. The van der Waals surface area contributed by atoms with Gasteiger partial charge in [-0.25, -0.2) is 8.42 Å². The molecule has 0 spiro atoms. The Morgan fingerprint density at radius 3 is 2.46 bits per heavy atom. The molecule has 1 heterocycles. The molecule has 0 radical (unpaired) electrons. The largest absolute Gasteiger partial charge is 0.376 e. The van der Waals surface area contributed by atoms with Crippen molar-refractivity contribution >= 4 is 21.2 Å². The maximum Gasteiger partial charge on any atom is 0.293 e. The van der Waals surface area contributed by atoms with Gasteiger partial charge >= 0.3 is 0 Å². The minimum Gasteiger partial charge on any atom is -0.376 e. The number of hydrogen-bond donors (Lipinski definition) is 1. The average molecular weight is 356 g/mol. The minimum atomic E-state index is -3.48. The zero-order valence-corrected chi connectivity index (χ0v) is 15.0. The predicted molar refractivity (Wildman–Crippen MR) is 93.2 cm³/mol. The molecule has 0 bridgehead atoms. The summed E-state index contributed by atoms with van der Waals surface area (Å²) in [5.41, 5.74) is 0.122. The summed E-state index contributed by atoms with van der Waals surface area (Å²) in [6, 6.07) is 3.99. The van der Waals surface area contributed by atoms with Crippen molar-refractivity contribution in [3.63, 3.8) is 0 Å². The second-order valence-corrected chi connectivity index (χ2v) is 8.37. The SMILES string of the molecule is CC(CN1CCN(C)CC1)Nc1ccc(S(C)(=O)=O)cc1[N+](=O)[O-]. The van der Waals surface area contributed by atoms with Gasteiger partial charge in [-0.2, -0.15) is 0 Å². The first-order chi connectivity index (χ1) is 11.2. The highest BCUT2D eigenvalue weighted by Crippen LogP contribution is 2.28. The molecule has 2 rings (SSSR count). The van der Waals surface area contributed by atoms with E-state index in [0.717, 1.165) is 45.0 Å². The third kappa shape index (κ3) is 4.89.